The second-order valence-corrected chi connectivity index (χ2v) is 4.36. The van der Waals surface area contributed by atoms with Crippen molar-refractivity contribution in [2.24, 2.45) is 0 Å². The van der Waals surface area contributed by atoms with Crippen LogP contribution in [-0.4, -0.2) is 11.8 Å². The summed E-state index contributed by atoms with van der Waals surface area (Å²) < 4.78 is 60.2. The highest BCUT2D eigenvalue weighted by atomic mass is 19.2. The van der Waals surface area contributed by atoms with Gasteiger partial charge in [0.2, 0.25) is 11.6 Å². The van der Waals surface area contributed by atoms with Gasteiger partial charge in [0.1, 0.15) is 5.60 Å². The fourth-order valence-corrected chi connectivity index (χ4v) is 0.986. The molecule has 1 aromatic carbocycles. The Labute approximate surface area is 100 Å². The first-order valence-electron chi connectivity index (χ1n) is 4.85. The molecule has 7 heteroatoms. The van der Waals surface area contributed by atoms with E-state index < -0.39 is 40.8 Å². The normalized spacial score (nSPS) is 11.3. The highest BCUT2D eigenvalue weighted by molar-refractivity contribution is 5.64. The van der Waals surface area contributed by atoms with Crippen LogP contribution in [0.25, 0.3) is 0 Å². The van der Waals surface area contributed by atoms with Crippen LogP contribution in [0.5, 0.6) is 5.75 Å². The molecule has 0 bridgehead atoms. The first kappa shape index (κ1) is 14.3. The summed E-state index contributed by atoms with van der Waals surface area (Å²) in [5.41, 5.74) is -0.926. The molecule has 18 heavy (non-hydrogen) atoms. The molecule has 0 heterocycles. The number of rotatable bonds is 1. The molecule has 0 aliphatic carbocycles. The standard InChI is InChI=1S/C11H10F4O3/c1-11(2,3)18-10(16)17-6-4-5(12)7(13)9(15)8(6)14/h4H,1-3H3. The number of ether oxygens (including phenoxy) is 2. The molecule has 0 radical (unpaired) electrons. The summed E-state index contributed by atoms with van der Waals surface area (Å²) in [5.74, 6) is -8.61. The van der Waals surface area contributed by atoms with Crippen molar-refractivity contribution in [3.8, 4) is 5.75 Å². The smallest absolute Gasteiger partial charge is 0.428 e. The van der Waals surface area contributed by atoms with Crippen LogP contribution in [0, 0.1) is 23.3 Å². The van der Waals surface area contributed by atoms with E-state index in [1.54, 1.807) is 0 Å². The van der Waals surface area contributed by atoms with E-state index in [2.05, 4.69) is 9.47 Å². The molecule has 0 spiro atoms. The molecular formula is C11H10F4O3. The van der Waals surface area contributed by atoms with Gasteiger partial charge in [-0.3, -0.25) is 0 Å². The molecule has 0 N–H and O–H groups in total. The highest BCUT2D eigenvalue weighted by Crippen LogP contribution is 2.25. The lowest BCUT2D eigenvalue weighted by molar-refractivity contribution is 0.0196. The third-order valence-electron chi connectivity index (χ3n) is 1.65. The summed E-state index contributed by atoms with van der Waals surface area (Å²) in [7, 11) is 0. The molecule has 1 aromatic rings. The van der Waals surface area contributed by atoms with Crippen molar-refractivity contribution in [2.45, 2.75) is 26.4 Å². The summed E-state index contributed by atoms with van der Waals surface area (Å²) in [5, 5.41) is 0. The quantitative estimate of drug-likeness (QED) is 0.256. The van der Waals surface area contributed by atoms with Crippen molar-refractivity contribution in [1.29, 1.82) is 0 Å². The van der Waals surface area contributed by atoms with Crippen molar-refractivity contribution in [3.63, 3.8) is 0 Å². The average molecular weight is 266 g/mol. The van der Waals surface area contributed by atoms with Crippen molar-refractivity contribution in [1.82, 2.24) is 0 Å². The summed E-state index contributed by atoms with van der Waals surface area (Å²) >= 11 is 0. The van der Waals surface area contributed by atoms with Crippen molar-refractivity contribution >= 4 is 6.16 Å². The number of carbonyl (C=O) groups excluding carboxylic acids is 1. The first-order valence-corrected chi connectivity index (χ1v) is 4.85. The molecule has 0 aliphatic rings. The summed E-state index contributed by atoms with van der Waals surface area (Å²) in [4.78, 5) is 11.1. The number of benzene rings is 1. The van der Waals surface area contributed by atoms with Crippen LogP contribution >= 0.6 is 0 Å². The lowest BCUT2D eigenvalue weighted by atomic mass is 10.2. The molecule has 0 fully saturated rings. The monoisotopic (exact) mass is 266 g/mol. The molecule has 100 valence electrons. The van der Waals surface area contributed by atoms with E-state index in [1.165, 1.54) is 20.8 Å². The number of carbonyl (C=O) groups is 1. The number of hydrogen-bond donors (Lipinski definition) is 0. The van der Waals surface area contributed by atoms with E-state index in [0.29, 0.717) is 0 Å². The van der Waals surface area contributed by atoms with Gasteiger partial charge in [-0.05, 0) is 20.8 Å². The largest absolute Gasteiger partial charge is 0.514 e. The Bertz CT molecular complexity index is 480. The van der Waals surface area contributed by atoms with Gasteiger partial charge in [-0.15, -0.1) is 0 Å². The third-order valence-corrected chi connectivity index (χ3v) is 1.65. The van der Waals surface area contributed by atoms with Gasteiger partial charge in [-0.25, -0.2) is 18.0 Å². The zero-order valence-electron chi connectivity index (χ0n) is 9.81. The van der Waals surface area contributed by atoms with E-state index in [4.69, 9.17) is 0 Å². The minimum atomic E-state index is -2.06. The Hall–Kier alpha value is -1.79. The topological polar surface area (TPSA) is 35.5 Å². The summed E-state index contributed by atoms with van der Waals surface area (Å²) in [6.07, 6.45) is -1.35. The Balaban J connectivity index is 2.96. The fraction of sp³-hybridized carbons (Fsp3) is 0.364. The molecule has 0 aromatic heterocycles. The van der Waals surface area contributed by atoms with Gasteiger partial charge in [0.25, 0.3) is 0 Å². The molecular weight excluding hydrogens is 256 g/mol. The lowest BCUT2D eigenvalue weighted by Gasteiger charge is -2.18. The predicted octanol–water partition coefficient (Wildman–Crippen LogP) is 3.56. The maximum absolute atomic E-state index is 13.1. The Morgan fingerprint density at radius 1 is 1.06 bits per heavy atom. The van der Waals surface area contributed by atoms with Gasteiger partial charge >= 0.3 is 6.16 Å². The van der Waals surface area contributed by atoms with Crippen LogP contribution < -0.4 is 4.74 Å². The molecule has 0 saturated heterocycles. The molecule has 0 saturated carbocycles. The molecule has 1 rings (SSSR count). The van der Waals surface area contributed by atoms with Crippen molar-refractivity contribution in [3.05, 3.63) is 29.3 Å². The second kappa shape index (κ2) is 4.83. The van der Waals surface area contributed by atoms with E-state index >= 15 is 0 Å². The van der Waals surface area contributed by atoms with Gasteiger partial charge in [0, 0.05) is 6.07 Å². The Morgan fingerprint density at radius 3 is 2.11 bits per heavy atom. The molecule has 0 amide bonds. The maximum atomic E-state index is 13.1. The Kier molecular flexibility index (Phi) is 3.83. The minimum absolute atomic E-state index is 0.220. The van der Waals surface area contributed by atoms with Gasteiger partial charge in [0.15, 0.2) is 17.4 Å². The average Bonchev–Trinajstić information content (AvgIpc) is 2.20. The van der Waals surface area contributed by atoms with Crippen LogP contribution in [0.3, 0.4) is 0 Å². The maximum Gasteiger partial charge on any atom is 0.514 e. The molecule has 3 nitrogen and oxygen atoms in total. The molecule has 0 aliphatic heterocycles. The van der Waals surface area contributed by atoms with Gasteiger partial charge in [0.05, 0.1) is 0 Å². The van der Waals surface area contributed by atoms with E-state index in [0.717, 1.165) is 0 Å². The number of halogens is 4. The minimum Gasteiger partial charge on any atom is -0.428 e. The second-order valence-electron chi connectivity index (χ2n) is 4.36. The van der Waals surface area contributed by atoms with Crippen LogP contribution in [0.1, 0.15) is 20.8 Å². The lowest BCUT2D eigenvalue weighted by Crippen LogP contribution is -2.26. The summed E-state index contributed by atoms with van der Waals surface area (Å²) in [6, 6.07) is 0.220. The fourth-order valence-electron chi connectivity index (χ4n) is 0.986. The highest BCUT2D eigenvalue weighted by Gasteiger charge is 2.24. The van der Waals surface area contributed by atoms with Crippen LogP contribution in [0.2, 0.25) is 0 Å². The van der Waals surface area contributed by atoms with Crippen molar-refractivity contribution in [2.75, 3.05) is 0 Å². The number of hydrogen-bond acceptors (Lipinski definition) is 3. The van der Waals surface area contributed by atoms with Crippen LogP contribution in [-0.2, 0) is 4.74 Å². The third kappa shape index (κ3) is 3.35. The Morgan fingerprint density at radius 2 is 1.61 bits per heavy atom. The van der Waals surface area contributed by atoms with Gasteiger partial charge < -0.3 is 9.47 Å². The zero-order valence-corrected chi connectivity index (χ0v) is 9.81. The zero-order chi connectivity index (χ0) is 14.1. The predicted molar refractivity (Wildman–Crippen MR) is 53.1 cm³/mol. The SMILES string of the molecule is CC(C)(C)OC(=O)Oc1cc(F)c(F)c(F)c1F. The van der Waals surface area contributed by atoms with E-state index in [-0.39, 0.29) is 6.07 Å². The van der Waals surface area contributed by atoms with Crippen LogP contribution in [0.15, 0.2) is 6.07 Å². The van der Waals surface area contributed by atoms with Crippen molar-refractivity contribution < 1.29 is 31.8 Å². The molecule has 0 unspecified atom stereocenters. The molecule has 0 atom stereocenters. The van der Waals surface area contributed by atoms with E-state index in [9.17, 15) is 22.4 Å². The van der Waals surface area contributed by atoms with Crippen LogP contribution in [0.4, 0.5) is 22.4 Å². The van der Waals surface area contributed by atoms with E-state index in [1.807, 2.05) is 0 Å². The van der Waals surface area contributed by atoms with Gasteiger partial charge in [-0.1, -0.05) is 0 Å². The van der Waals surface area contributed by atoms with Gasteiger partial charge in [-0.2, -0.15) is 4.39 Å². The first-order chi connectivity index (χ1) is 8.11. The summed E-state index contributed by atoms with van der Waals surface area (Å²) in [6.45, 7) is 4.53.